The lowest BCUT2D eigenvalue weighted by molar-refractivity contribution is 1.25. The first-order chi connectivity index (χ1) is 10.0. The molecule has 108 valence electrons. The minimum atomic E-state index is 0.638. The SMILES string of the molecule is Cc1[nH]c2ccc(NSc3cc(Cl)cc(Cl)c3)cc2c1C. The van der Waals surface area contributed by atoms with Gasteiger partial charge in [-0.1, -0.05) is 23.2 Å². The molecule has 3 aromatic rings. The Balaban J connectivity index is 1.83. The van der Waals surface area contributed by atoms with E-state index < -0.39 is 0 Å². The minimum absolute atomic E-state index is 0.638. The first-order valence-electron chi connectivity index (χ1n) is 6.51. The van der Waals surface area contributed by atoms with E-state index in [1.54, 1.807) is 6.07 Å². The van der Waals surface area contributed by atoms with Gasteiger partial charge >= 0.3 is 0 Å². The summed E-state index contributed by atoms with van der Waals surface area (Å²) in [5, 5.41) is 2.51. The van der Waals surface area contributed by atoms with E-state index in [1.807, 2.05) is 12.1 Å². The van der Waals surface area contributed by atoms with Crippen LogP contribution in [0, 0.1) is 13.8 Å². The van der Waals surface area contributed by atoms with Crippen molar-refractivity contribution in [1.82, 2.24) is 4.98 Å². The highest BCUT2D eigenvalue weighted by molar-refractivity contribution is 8.00. The molecule has 0 unspecified atom stereocenters. The van der Waals surface area contributed by atoms with Gasteiger partial charge in [0.15, 0.2) is 0 Å². The molecule has 0 spiro atoms. The molecule has 1 aromatic heterocycles. The fraction of sp³-hybridized carbons (Fsp3) is 0.125. The van der Waals surface area contributed by atoms with Crippen molar-refractivity contribution in [1.29, 1.82) is 0 Å². The number of halogens is 2. The van der Waals surface area contributed by atoms with Crippen LogP contribution in [0.2, 0.25) is 10.0 Å². The monoisotopic (exact) mass is 336 g/mol. The summed E-state index contributed by atoms with van der Waals surface area (Å²) in [4.78, 5) is 4.35. The molecular weight excluding hydrogens is 323 g/mol. The summed E-state index contributed by atoms with van der Waals surface area (Å²) in [6.07, 6.45) is 0. The third-order valence-electron chi connectivity index (χ3n) is 3.43. The highest BCUT2D eigenvalue weighted by Gasteiger charge is 2.05. The predicted octanol–water partition coefficient (Wildman–Crippen LogP) is 6.21. The summed E-state index contributed by atoms with van der Waals surface area (Å²) in [5.74, 6) is 0. The number of aromatic amines is 1. The van der Waals surface area contributed by atoms with Gasteiger partial charge in [0, 0.05) is 37.2 Å². The Kier molecular flexibility index (Phi) is 4.07. The fourth-order valence-corrected chi connectivity index (χ4v) is 3.62. The van der Waals surface area contributed by atoms with Crippen molar-refractivity contribution in [3.05, 3.63) is 57.7 Å². The molecule has 0 amide bonds. The van der Waals surface area contributed by atoms with Crippen LogP contribution >= 0.6 is 35.1 Å². The van der Waals surface area contributed by atoms with Crippen molar-refractivity contribution in [3.8, 4) is 0 Å². The van der Waals surface area contributed by atoms with E-state index in [0.717, 1.165) is 16.1 Å². The van der Waals surface area contributed by atoms with Gasteiger partial charge in [-0.3, -0.25) is 0 Å². The number of aromatic nitrogens is 1. The van der Waals surface area contributed by atoms with Crippen LogP contribution in [0.4, 0.5) is 5.69 Å². The highest BCUT2D eigenvalue weighted by Crippen LogP contribution is 2.30. The predicted molar refractivity (Wildman–Crippen MR) is 93.7 cm³/mol. The Morgan fingerprint density at radius 2 is 1.71 bits per heavy atom. The number of aryl methyl sites for hydroxylation is 2. The second kappa shape index (κ2) is 5.84. The molecule has 0 radical (unpaired) electrons. The van der Waals surface area contributed by atoms with E-state index in [9.17, 15) is 0 Å². The molecule has 0 fully saturated rings. The molecule has 0 aliphatic rings. The van der Waals surface area contributed by atoms with Gasteiger partial charge in [-0.05, 0) is 67.8 Å². The van der Waals surface area contributed by atoms with E-state index >= 15 is 0 Å². The molecule has 0 bridgehead atoms. The lowest BCUT2D eigenvalue weighted by Crippen LogP contribution is -1.87. The summed E-state index contributed by atoms with van der Waals surface area (Å²) >= 11 is 13.5. The second-order valence-electron chi connectivity index (χ2n) is 4.94. The average molecular weight is 337 g/mol. The first kappa shape index (κ1) is 14.6. The molecule has 5 heteroatoms. The zero-order valence-corrected chi connectivity index (χ0v) is 14.0. The molecule has 3 rings (SSSR count). The van der Waals surface area contributed by atoms with Gasteiger partial charge in [-0.25, -0.2) is 0 Å². The number of hydrogen-bond donors (Lipinski definition) is 2. The maximum absolute atomic E-state index is 6.00. The van der Waals surface area contributed by atoms with Crippen LogP contribution in [0.15, 0.2) is 41.3 Å². The van der Waals surface area contributed by atoms with Gasteiger partial charge in [-0.2, -0.15) is 0 Å². The standard InChI is InChI=1S/C16H14Cl2N2S/c1-9-10(2)19-16-4-3-13(8-15(9)16)20-21-14-6-11(17)5-12(18)7-14/h3-8,19-20H,1-2H3. The molecule has 0 aliphatic carbocycles. The molecule has 0 saturated carbocycles. The molecule has 1 heterocycles. The lowest BCUT2D eigenvalue weighted by atomic mass is 10.1. The summed E-state index contributed by atoms with van der Waals surface area (Å²) in [5.41, 5.74) is 4.69. The Hall–Kier alpha value is -1.29. The van der Waals surface area contributed by atoms with Crippen molar-refractivity contribution < 1.29 is 0 Å². The zero-order chi connectivity index (χ0) is 15.0. The van der Waals surface area contributed by atoms with Crippen molar-refractivity contribution in [3.63, 3.8) is 0 Å². The summed E-state index contributed by atoms with van der Waals surface area (Å²) < 4.78 is 3.33. The average Bonchev–Trinajstić information content (AvgIpc) is 2.71. The smallest absolute Gasteiger partial charge is 0.0460 e. The van der Waals surface area contributed by atoms with Gasteiger partial charge in [-0.15, -0.1) is 0 Å². The van der Waals surface area contributed by atoms with Crippen molar-refractivity contribution >= 4 is 51.7 Å². The quantitative estimate of drug-likeness (QED) is 0.556. The van der Waals surface area contributed by atoms with E-state index in [-0.39, 0.29) is 0 Å². The Labute approximate surface area is 138 Å². The minimum Gasteiger partial charge on any atom is -0.358 e. The van der Waals surface area contributed by atoms with Crippen LogP contribution in [0.1, 0.15) is 11.3 Å². The molecular formula is C16H14Cl2N2S. The number of anilines is 1. The van der Waals surface area contributed by atoms with Crippen LogP contribution in [-0.4, -0.2) is 4.98 Å². The molecule has 2 N–H and O–H groups in total. The van der Waals surface area contributed by atoms with E-state index in [0.29, 0.717) is 10.0 Å². The number of nitrogens with one attached hydrogen (secondary N) is 2. The van der Waals surface area contributed by atoms with Crippen LogP contribution in [-0.2, 0) is 0 Å². The van der Waals surface area contributed by atoms with Crippen LogP contribution < -0.4 is 4.72 Å². The Morgan fingerprint density at radius 1 is 1.00 bits per heavy atom. The molecule has 2 nitrogen and oxygen atoms in total. The van der Waals surface area contributed by atoms with Gasteiger partial charge in [0.2, 0.25) is 0 Å². The van der Waals surface area contributed by atoms with Crippen molar-refractivity contribution in [2.24, 2.45) is 0 Å². The third-order valence-corrected chi connectivity index (χ3v) is 4.68. The van der Waals surface area contributed by atoms with Crippen molar-refractivity contribution in [2.75, 3.05) is 4.72 Å². The Morgan fingerprint density at radius 3 is 2.43 bits per heavy atom. The Bertz CT molecular complexity index is 791. The highest BCUT2D eigenvalue weighted by atomic mass is 35.5. The number of H-pyrrole nitrogens is 1. The van der Waals surface area contributed by atoms with Gasteiger partial charge in [0.05, 0.1) is 0 Å². The lowest BCUT2D eigenvalue weighted by Gasteiger charge is -2.07. The second-order valence-corrected chi connectivity index (χ2v) is 6.70. The van der Waals surface area contributed by atoms with Gasteiger partial charge < -0.3 is 9.71 Å². The number of fused-ring (bicyclic) bond motifs is 1. The maximum Gasteiger partial charge on any atom is 0.0460 e. The van der Waals surface area contributed by atoms with E-state index in [2.05, 4.69) is 41.8 Å². The normalized spacial score (nSPS) is 11.0. The number of rotatable bonds is 3. The van der Waals surface area contributed by atoms with Crippen LogP contribution in [0.5, 0.6) is 0 Å². The molecule has 0 atom stereocenters. The largest absolute Gasteiger partial charge is 0.358 e. The number of hydrogen-bond acceptors (Lipinski definition) is 2. The van der Waals surface area contributed by atoms with E-state index in [4.69, 9.17) is 23.2 Å². The molecule has 0 saturated heterocycles. The molecule has 21 heavy (non-hydrogen) atoms. The maximum atomic E-state index is 6.00. The zero-order valence-electron chi connectivity index (χ0n) is 11.6. The summed E-state index contributed by atoms with van der Waals surface area (Å²) in [6, 6.07) is 11.8. The van der Waals surface area contributed by atoms with E-state index in [1.165, 1.54) is 28.6 Å². The van der Waals surface area contributed by atoms with Gasteiger partial charge in [0.25, 0.3) is 0 Å². The fourth-order valence-electron chi connectivity index (χ4n) is 2.23. The molecule has 2 aromatic carbocycles. The number of benzene rings is 2. The van der Waals surface area contributed by atoms with Crippen LogP contribution in [0.3, 0.4) is 0 Å². The third kappa shape index (κ3) is 3.15. The first-order valence-corrected chi connectivity index (χ1v) is 8.08. The molecule has 0 aliphatic heterocycles. The summed E-state index contributed by atoms with van der Waals surface area (Å²) in [6.45, 7) is 4.22. The van der Waals surface area contributed by atoms with Crippen LogP contribution in [0.25, 0.3) is 10.9 Å². The van der Waals surface area contributed by atoms with Gasteiger partial charge in [0.1, 0.15) is 0 Å². The topological polar surface area (TPSA) is 27.8 Å². The van der Waals surface area contributed by atoms with Crippen molar-refractivity contribution in [2.45, 2.75) is 18.7 Å². The summed E-state index contributed by atoms with van der Waals surface area (Å²) in [7, 11) is 0.